The van der Waals surface area contributed by atoms with Crippen LogP contribution in [0.4, 0.5) is 0 Å². The molecular formula is C12H26O. The molecule has 0 aromatic heterocycles. The fourth-order valence-corrected chi connectivity index (χ4v) is 1.80. The molecule has 0 amide bonds. The Morgan fingerprint density at radius 1 is 1.23 bits per heavy atom. The molecule has 1 nitrogen and oxygen atoms in total. The molecule has 0 aliphatic carbocycles. The Hall–Kier alpha value is -0.0400. The van der Waals surface area contributed by atoms with E-state index in [0.717, 1.165) is 12.3 Å². The highest BCUT2D eigenvalue weighted by molar-refractivity contribution is 4.75. The molecule has 1 N–H and O–H groups in total. The standard InChI is InChI=1S/C12H26O/c1-6-7-10(2)8-11(9-13)12(3,4)5/h10-11,13H,6-9H2,1-5H3. The molecule has 0 bridgehead atoms. The summed E-state index contributed by atoms with van der Waals surface area (Å²) in [6.45, 7) is 11.5. The van der Waals surface area contributed by atoms with Gasteiger partial charge < -0.3 is 5.11 Å². The lowest BCUT2D eigenvalue weighted by molar-refractivity contribution is 0.108. The maximum atomic E-state index is 9.28. The molecule has 80 valence electrons. The third-order valence-corrected chi connectivity index (χ3v) is 2.91. The van der Waals surface area contributed by atoms with Gasteiger partial charge in [0.15, 0.2) is 0 Å². The van der Waals surface area contributed by atoms with E-state index in [1.54, 1.807) is 0 Å². The van der Waals surface area contributed by atoms with Gasteiger partial charge in [-0.05, 0) is 23.7 Å². The van der Waals surface area contributed by atoms with Gasteiger partial charge >= 0.3 is 0 Å². The van der Waals surface area contributed by atoms with E-state index < -0.39 is 0 Å². The first-order chi connectivity index (χ1) is 5.91. The molecule has 0 aliphatic rings. The maximum absolute atomic E-state index is 9.28. The van der Waals surface area contributed by atoms with E-state index in [4.69, 9.17) is 0 Å². The van der Waals surface area contributed by atoms with Crippen LogP contribution in [-0.4, -0.2) is 11.7 Å². The predicted molar refractivity (Wildman–Crippen MR) is 58.7 cm³/mol. The minimum Gasteiger partial charge on any atom is -0.396 e. The van der Waals surface area contributed by atoms with Gasteiger partial charge in [0.05, 0.1) is 0 Å². The van der Waals surface area contributed by atoms with Gasteiger partial charge in [-0.1, -0.05) is 47.5 Å². The molecule has 0 rings (SSSR count). The minimum absolute atomic E-state index is 0.247. The summed E-state index contributed by atoms with van der Waals surface area (Å²) >= 11 is 0. The van der Waals surface area contributed by atoms with Crippen LogP contribution in [0.15, 0.2) is 0 Å². The van der Waals surface area contributed by atoms with Crippen LogP contribution in [0.1, 0.15) is 53.9 Å². The third kappa shape index (κ3) is 5.30. The second-order valence-electron chi connectivity index (χ2n) is 5.38. The van der Waals surface area contributed by atoms with Gasteiger partial charge in [-0.15, -0.1) is 0 Å². The molecule has 0 saturated heterocycles. The molecule has 0 aromatic rings. The second kappa shape index (κ2) is 5.64. The third-order valence-electron chi connectivity index (χ3n) is 2.91. The van der Waals surface area contributed by atoms with E-state index in [1.807, 2.05) is 0 Å². The number of hydrogen-bond acceptors (Lipinski definition) is 1. The van der Waals surface area contributed by atoms with Crippen molar-refractivity contribution in [1.29, 1.82) is 0 Å². The van der Waals surface area contributed by atoms with E-state index in [2.05, 4.69) is 34.6 Å². The number of aliphatic hydroxyl groups is 1. The lowest BCUT2D eigenvalue weighted by Gasteiger charge is -2.31. The normalized spacial score (nSPS) is 17.1. The Morgan fingerprint density at radius 2 is 1.77 bits per heavy atom. The van der Waals surface area contributed by atoms with Crippen molar-refractivity contribution in [3.63, 3.8) is 0 Å². The number of aliphatic hydroxyl groups excluding tert-OH is 1. The zero-order valence-corrected chi connectivity index (χ0v) is 9.93. The van der Waals surface area contributed by atoms with Gasteiger partial charge in [-0.3, -0.25) is 0 Å². The van der Waals surface area contributed by atoms with Crippen molar-refractivity contribution in [2.24, 2.45) is 17.3 Å². The Balaban J connectivity index is 3.98. The van der Waals surface area contributed by atoms with E-state index >= 15 is 0 Å². The highest BCUT2D eigenvalue weighted by atomic mass is 16.3. The fraction of sp³-hybridized carbons (Fsp3) is 1.00. The number of rotatable bonds is 5. The molecule has 2 atom stereocenters. The molecule has 0 aliphatic heterocycles. The summed E-state index contributed by atoms with van der Waals surface area (Å²) < 4.78 is 0. The zero-order valence-electron chi connectivity index (χ0n) is 9.93. The zero-order chi connectivity index (χ0) is 10.5. The molecule has 1 heteroatoms. The first kappa shape index (κ1) is 13.0. The summed E-state index contributed by atoms with van der Waals surface area (Å²) in [5, 5.41) is 9.28. The molecule has 2 unspecified atom stereocenters. The maximum Gasteiger partial charge on any atom is 0.0464 e. The minimum atomic E-state index is 0.247. The Bertz CT molecular complexity index is 124. The monoisotopic (exact) mass is 186 g/mol. The van der Waals surface area contributed by atoms with Crippen molar-refractivity contribution in [2.75, 3.05) is 6.61 Å². The molecule has 0 saturated carbocycles. The van der Waals surface area contributed by atoms with E-state index in [0.29, 0.717) is 12.5 Å². The first-order valence-corrected chi connectivity index (χ1v) is 5.52. The predicted octanol–water partition coefficient (Wildman–Crippen LogP) is 3.47. The van der Waals surface area contributed by atoms with Crippen LogP contribution in [-0.2, 0) is 0 Å². The summed E-state index contributed by atoms with van der Waals surface area (Å²) in [6.07, 6.45) is 3.70. The lowest BCUT2D eigenvalue weighted by Crippen LogP contribution is -2.25. The van der Waals surface area contributed by atoms with E-state index in [-0.39, 0.29) is 5.41 Å². The Labute approximate surface area is 83.5 Å². The van der Waals surface area contributed by atoms with Crippen LogP contribution < -0.4 is 0 Å². The summed E-state index contributed by atoms with van der Waals surface area (Å²) in [4.78, 5) is 0. The summed E-state index contributed by atoms with van der Waals surface area (Å²) in [5.74, 6) is 1.20. The van der Waals surface area contributed by atoms with Gasteiger partial charge in [-0.25, -0.2) is 0 Å². The van der Waals surface area contributed by atoms with Gasteiger partial charge in [-0.2, -0.15) is 0 Å². The smallest absolute Gasteiger partial charge is 0.0464 e. The molecule has 0 radical (unpaired) electrons. The molecule has 0 spiro atoms. The SMILES string of the molecule is CCCC(C)CC(CO)C(C)(C)C. The molecule has 0 heterocycles. The van der Waals surface area contributed by atoms with Crippen LogP contribution in [0.3, 0.4) is 0 Å². The molecular weight excluding hydrogens is 160 g/mol. The first-order valence-electron chi connectivity index (χ1n) is 5.52. The van der Waals surface area contributed by atoms with Crippen molar-refractivity contribution < 1.29 is 5.11 Å². The van der Waals surface area contributed by atoms with E-state index in [9.17, 15) is 5.11 Å². The molecule has 13 heavy (non-hydrogen) atoms. The largest absolute Gasteiger partial charge is 0.396 e. The van der Waals surface area contributed by atoms with Crippen molar-refractivity contribution in [2.45, 2.75) is 53.9 Å². The Kier molecular flexibility index (Phi) is 5.62. The van der Waals surface area contributed by atoms with E-state index in [1.165, 1.54) is 12.8 Å². The van der Waals surface area contributed by atoms with Crippen LogP contribution in [0.25, 0.3) is 0 Å². The van der Waals surface area contributed by atoms with Crippen molar-refractivity contribution in [3.05, 3.63) is 0 Å². The van der Waals surface area contributed by atoms with Crippen LogP contribution in [0.5, 0.6) is 0 Å². The van der Waals surface area contributed by atoms with Gasteiger partial charge in [0, 0.05) is 6.61 Å². The highest BCUT2D eigenvalue weighted by Crippen LogP contribution is 2.31. The summed E-state index contributed by atoms with van der Waals surface area (Å²) in [7, 11) is 0. The van der Waals surface area contributed by atoms with Gasteiger partial charge in [0.25, 0.3) is 0 Å². The quantitative estimate of drug-likeness (QED) is 0.697. The second-order valence-corrected chi connectivity index (χ2v) is 5.38. The summed E-state index contributed by atoms with van der Waals surface area (Å²) in [6, 6.07) is 0. The molecule has 0 fully saturated rings. The molecule has 0 aromatic carbocycles. The van der Waals surface area contributed by atoms with Crippen LogP contribution >= 0.6 is 0 Å². The van der Waals surface area contributed by atoms with Crippen molar-refractivity contribution in [1.82, 2.24) is 0 Å². The number of hydrogen-bond donors (Lipinski definition) is 1. The van der Waals surface area contributed by atoms with Gasteiger partial charge in [0.2, 0.25) is 0 Å². The average molecular weight is 186 g/mol. The van der Waals surface area contributed by atoms with Gasteiger partial charge in [0.1, 0.15) is 0 Å². The summed E-state index contributed by atoms with van der Waals surface area (Å²) in [5.41, 5.74) is 0.247. The lowest BCUT2D eigenvalue weighted by atomic mass is 9.76. The highest BCUT2D eigenvalue weighted by Gasteiger charge is 2.25. The van der Waals surface area contributed by atoms with Crippen LogP contribution in [0, 0.1) is 17.3 Å². The van der Waals surface area contributed by atoms with Crippen molar-refractivity contribution in [3.8, 4) is 0 Å². The Morgan fingerprint density at radius 3 is 2.08 bits per heavy atom. The van der Waals surface area contributed by atoms with Crippen molar-refractivity contribution >= 4 is 0 Å². The fourth-order valence-electron chi connectivity index (χ4n) is 1.80. The topological polar surface area (TPSA) is 20.2 Å². The average Bonchev–Trinajstić information content (AvgIpc) is 1.98. The van der Waals surface area contributed by atoms with Crippen LogP contribution in [0.2, 0.25) is 0 Å².